The van der Waals surface area contributed by atoms with E-state index in [2.05, 4.69) is 35.8 Å². The van der Waals surface area contributed by atoms with E-state index >= 15 is 0 Å². The van der Waals surface area contributed by atoms with Gasteiger partial charge in [0.05, 0.1) is 5.52 Å². The van der Waals surface area contributed by atoms with Gasteiger partial charge in [0.2, 0.25) is 5.28 Å². The molecule has 0 aliphatic rings. The number of benzene rings is 1. The molecule has 0 saturated carbocycles. The van der Waals surface area contributed by atoms with Crippen LogP contribution >= 0.6 is 11.6 Å². The second-order valence-electron chi connectivity index (χ2n) is 4.73. The first kappa shape index (κ1) is 13.1. The Kier molecular flexibility index (Phi) is 4.02. The lowest BCUT2D eigenvalue weighted by atomic mass is 10.1. The number of halogens is 1. The number of para-hydroxylation sites is 1. The van der Waals surface area contributed by atoms with E-state index < -0.39 is 0 Å². The molecule has 0 bridgehead atoms. The van der Waals surface area contributed by atoms with Gasteiger partial charge in [-0.15, -0.1) is 0 Å². The van der Waals surface area contributed by atoms with E-state index in [1.807, 2.05) is 24.3 Å². The lowest BCUT2D eigenvalue weighted by Gasteiger charge is -2.23. The fourth-order valence-electron chi connectivity index (χ4n) is 2.01. The molecule has 1 heterocycles. The van der Waals surface area contributed by atoms with Gasteiger partial charge < -0.3 is 4.90 Å². The van der Waals surface area contributed by atoms with Crippen LogP contribution in [0, 0.1) is 5.92 Å². The number of rotatable bonds is 4. The summed E-state index contributed by atoms with van der Waals surface area (Å²) in [5.41, 5.74) is 0.892. The van der Waals surface area contributed by atoms with Gasteiger partial charge in [0.25, 0.3) is 0 Å². The quantitative estimate of drug-likeness (QED) is 0.787. The van der Waals surface area contributed by atoms with Crippen LogP contribution < -0.4 is 4.90 Å². The summed E-state index contributed by atoms with van der Waals surface area (Å²) in [6.45, 7) is 5.40. The van der Waals surface area contributed by atoms with Crippen molar-refractivity contribution in [2.45, 2.75) is 20.3 Å². The SMILES string of the molecule is CCC(C)CN(C)c1nc(Cl)nc2ccccc12. The van der Waals surface area contributed by atoms with Crippen molar-refractivity contribution >= 4 is 28.3 Å². The molecule has 0 amide bonds. The molecule has 0 fully saturated rings. The topological polar surface area (TPSA) is 29.0 Å². The standard InChI is InChI=1S/C14H18ClN3/c1-4-10(2)9-18(3)13-11-7-5-6-8-12(11)16-14(15)17-13/h5-8,10H,4,9H2,1-3H3. The highest BCUT2D eigenvalue weighted by Crippen LogP contribution is 2.25. The van der Waals surface area contributed by atoms with E-state index in [0.717, 1.165) is 29.7 Å². The van der Waals surface area contributed by atoms with Gasteiger partial charge in [-0.1, -0.05) is 32.4 Å². The van der Waals surface area contributed by atoms with E-state index in [1.54, 1.807) is 0 Å². The van der Waals surface area contributed by atoms with Crippen LogP contribution in [0.2, 0.25) is 5.28 Å². The van der Waals surface area contributed by atoms with E-state index in [1.165, 1.54) is 0 Å². The van der Waals surface area contributed by atoms with Gasteiger partial charge in [-0.05, 0) is 29.7 Å². The molecular formula is C14H18ClN3. The van der Waals surface area contributed by atoms with Crippen molar-refractivity contribution in [3.63, 3.8) is 0 Å². The van der Waals surface area contributed by atoms with Crippen molar-refractivity contribution < 1.29 is 0 Å². The van der Waals surface area contributed by atoms with E-state index in [9.17, 15) is 0 Å². The predicted octanol–water partition coefficient (Wildman–Crippen LogP) is 3.77. The summed E-state index contributed by atoms with van der Waals surface area (Å²) in [7, 11) is 2.05. The zero-order chi connectivity index (χ0) is 13.1. The second-order valence-corrected chi connectivity index (χ2v) is 5.07. The van der Waals surface area contributed by atoms with Crippen LogP contribution in [0.5, 0.6) is 0 Å². The molecule has 18 heavy (non-hydrogen) atoms. The molecule has 2 rings (SSSR count). The molecule has 0 spiro atoms. The van der Waals surface area contributed by atoms with Crippen LogP contribution in [0.3, 0.4) is 0 Å². The lowest BCUT2D eigenvalue weighted by molar-refractivity contribution is 0.558. The summed E-state index contributed by atoms with van der Waals surface area (Å²) in [4.78, 5) is 10.8. The molecule has 96 valence electrons. The number of aromatic nitrogens is 2. The number of anilines is 1. The van der Waals surface area contributed by atoms with Crippen molar-refractivity contribution in [3.05, 3.63) is 29.5 Å². The molecule has 0 saturated heterocycles. The minimum Gasteiger partial charge on any atom is -0.359 e. The van der Waals surface area contributed by atoms with Crippen molar-refractivity contribution in [3.8, 4) is 0 Å². The van der Waals surface area contributed by atoms with Gasteiger partial charge in [-0.25, -0.2) is 4.98 Å². The summed E-state index contributed by atoms with van der Waals surface area (Å²) < 4.78 is 0. The minimum atomic E-state index is 0.305. The summed E-state index contributed by atoms with van der Waals surface area (Å²) in [6, 6.07) is 7.96. The molecule has 4 heteroatoms. The largest absolute Gasteiger partial charge is 0.359 e. The predicted molar refractivity (Wildman–Crippen MR) is 77.3 cm³/mol. The van der Waals surface area contributed by atoms with Crippen LogP contribution in [-0.2, 0) is 0 Å². The monoisotopic (exact) mass is 263 g/mol. The molecule has 3 nitrogen and oxygen atoms in total. The molecule has 2 aromatic rings. The Morgan fingerprint density at radius 1 is 1.28 bits per heavy atom. The maximum Gasteiger partial charge on any atom is 0.224 e. The molecular weight excluding hydrogens is 246 g/mol. The van der Waals surface area contributed by atoms with Crippen molar-refractivity contribution in [1.29, 1.82) is 0 Å². The Bertz CT molecular complexity index is 542. The van der Waals surface area contributed by atoms with Gasteiger partial charge in [0.15, 0.2) is 0 Å². The fraction of sp³-hybridized carbons (Fsp3) is 0.429. The first-order chi connectivity index (χ1) is 8.61. The Balaban J connectivity index is 2.43. The van der Waals surface area contributed by atoms with Crippen LogP contribution in [0.15, 0.2) is 24.3 Å². The number of hydrogen-bond donors (Lipinski definition) is 0. The number of fused-ring (bicyclic) bond motifs is 1. The third-order valence-electron chi connectivity index (χ3n) is 3.20. The Hall–Kier alpha value is -1.35. The van der Waals surface area contributed by atoms with Crippen molar-refractivity contribution in [2.75, 3.05) is 18.5 Å². The Morgan fingerprint density at radius 3 is 2.72 bits per heavy atom. The van der Waals surface area contributed by atoms with Gasteiger partial charge >= 0.3 is 0 Å². The number of hydrogen-bond acceptors (Lipinski definition) is 3. The van der Waals surface area contributed by atoms with Crippen LogP contribution in [0.1, 0.15) is 20.3 Å². The van der Waals surface area contributed by atoms with Crippen molar-refractivity contribution in [2.24, 2.45) is 5.92 Å². The summed E-state index contributed by atoms with van der Waals surface area (Å²) in [5, 5.41) is 1.35. The number of nitrogens with zero attached hydrogens (tertiary/aromatic N) is 3. The summed E-state index contributed by atoms with van der Waals surface area (Å²) >= 11 is 5.99. The molecule has 1 atom stereocenters. The molecule has 0 aliphatic carbocycles. The van der Waals surface area contributed by atoms with Crippen LogP contribution in [-0.4, -0.2) is 23.6 Å². The van der Waals surface area contributed by atoms with E-state index in [0.29, 0.717) is 11.2 Å². The van der Waals surface area contributed by atoms with E-state index in [4.69, 9.17) is 11.6 Å². The normalized spacial score (nSPS) is 12.7. The zero-order valence-corrected chi connectivity index (χ0v) is 11.8. The third kappa shape index (κ3) is 2.72. The first-order valence-corrected chi connectivity index (χ1v) is 6.63. The van der Waals surface area contributed by atoms with Crippen molar-refractivity contribution in [1.82, 2.24) is 9.97 Å². The summed E-state index contributed by atoms with van der Waals surface area (Å²) in [5.74, 6) is 1.54. The highest BCUT2D eigenvalue weighted by atomic mass is 35.5. The average molecular weight is 264 g/mol. The van der Waals surface area contributed by atoms with Gasteiger partial charge in [-0.2, -0.15) is 4.98 Å². The minimum absolute atomic E-state index is 0.305. The fourth-order valence-corrected chi connectivity index (χ4v) is 2.18. The smallest absolute Gasteiger partial charge is 0.224 e. The zero-order valence-electron chi connectivity index (χ0n) is 11.0. The highest BCUT2D eigenvalue weighted by molar-refractivity contribution is 6.28. The maximum atomic E-state index is 5.99. The molecule has 1 aromatic heterocycles. The molecule has 1 aromatic carbocycles. The first-order valence-electron chi connectivity index (χ1n) is 6.25. The third-order valence-corrected chi connectivity index (χ3v) is 3.37. The van der Waals surface area contributed by atoms with Crippen LogP contribution in [0.4, 0.5) is 5.82 Å². The van der Waals surface area contributed by atoms with Gasteiger partial charge in [-0.3, -0.25) is 0 Å². The second kappa shape index (κ2) is 5.53. The Labute approximate surface area is 113 Å². The molecule has 0 N–H and O–H groups in total. The molecule has 1 unspecified atom stereocenters. The molecule has 0 radical (unpaired) electrons. The lowest BCUT2D eigenvalue weighted by Crippen LogP contribution is -2.24. The Morgan fingerprint density at radius 2 is 2.00 bits per heavy atom. The average Bonchev–Trinajstić information content (AvgIpc) is 2.37. The maximum absolute atomic E-state index is 5.99. The molecule has 0 aliphatic heterocycles. The van der Waals surface area contributed by atoms with Crippen LogP contribution in [0.25, 0.3) is 10.9 Å². The highest BCUT2D eigenvalue weighted by Gasteiger charge is 2.12. The van der Waals surface area contributed by atoms with Gasteiger partial charge in [0.1, 0.15) is 5.82 Å². The van der Waals surface area contributed by atoms with Gasteiger partial charge in [0, 0.05) is 19.0 Å². The van der Waals surface area contributed by atoms with E-state index in [-0.39, 0.29) is 0 Å². The summed E-state index contributed by atoms with van der Waals surface area (Å²) in [6.07, 6.45) is 1.15.